The van der Waals surface area contributed by atoms with Gasteiger partial charge in [0.05, 0.1) is 5.56 Å². The van der Waals surface area contributed by atoms with E-state index >= 15 is 0 Å². The fraction of sp³-hybridized carbons (Fsp3) is 0.611. The molecule has 0 unspecified atom stereocenters. The van der Waals surface area contributed by atoms with Crippen molar-refractivity contribution in [3.05, 3.63) is 35.4 Å². The Kier molecular flexibility index (Phi) is 6.63. The Labute approximate surface area is 135 Å². The molecule has 1 aliphatic heterocycles. The summed E-state index contributed by atoms with van der Waals surface area (Å²) in [5.74, 6) is -0.407. The van der Waals surface area contributed by atoms with E-state index in [9.17, 15) is 18.0 Å². The van der Waals surface area contributed by atoms with E-state index in [1.807, 2.05) is 0 Å². The van der Waals surface area contributed by atoms with Crippen LogP contribution in [0.3, 0.4) is 0 Å². The molecule has 1 aromatic carbocycles. The summed E-state index contributed by atoms with van der Waals surface area (Å²) in [6, 6.07) is 5.06. The van der Waals surface area contributed by atoms with Gasteiger partial charge in [-0.2, -0.15) is 13.2 Å². The van der Waals surface area contributed by atoms with E-state index < -0.39 is 17.5 Å². The molecule has 0 atom stereocenters. The van der Waals surface area contributed by atoms with E-state index in [0.717, 1.165) is 38.5 Å². The Morgan fingerprint density at radius 3 is 2.39 bits per heavy atom. The first-order valence-electron chi connectivity index (χ1n) is 8.40. The fourth-order valence-corrected chi connectivity index (χ4v) is 3.09. The molecule has 2 rings (SSSR count). The molecule has 0 spiro atoms. The number of carbonyl (C=O) groups is 1. The lowest BCUT2D eigenvalue weighted by Crippen LogP contribution is -2.30. The highest BCUT2D eigenvalue weighted by Crippen LogP contribution is 2.32. The van der Waals surface area contributed by atoms with E-state index in [0.29, 0.717) is 6.42 Å². The van der Waals surface area contributed by atoms with Crippen LogP contribution in [0.1, 0.15) is 60.9 Å². The summed E-state index contributed by atoms with van der Waals surface area (Å²) in [7, 11) is 0. The van der Waals surface area contributed by atoms with Gasteiger partial charge in [-0.25, -0.2) is 0 Å². The molecule has 1 saturated heterocycles. The Balaban J connectivity index is 1.75. The number of hydrogen-bond donors (Lipinski definition) is 0. The number of Topliss-reactive ketones (excluding diaryl/α,β-unsaturated/α-hetero) is 1. The second kappa shape index (κ2) is 8.48. The van der Waals surface area contributed by atoms with Gasteiger partial charge >= 0.3 is 6.18 Å². The average Bonchev–Trinajstić information content (AvgIpc) is 2.54. The van der Waals surface area contributed by atoms with Crippen molar-refractivity contribution in [1.82, 2.24) is 4.90 Å². The zero-order valence-corrected chi connectivity index (χ0v) is 13.4. The largest absolute Gasteiger partial charge is 0.417 e. The van der Waals surface area contributed by atoms with Crippen molar-refractivity contribution in [2.75, 3.05) is 19.6 Å². The molecular formula is C18H24F3NO. The Hall–Kier alpha value is -1.36. The summed E-state index contributed by atoms with van der Waals surface area (Å²) in [5, 5.41) is 0. The van der Waals surface area contributed by atoms with E-state index in [1.54, 1.807) is 0 Å². The molecule has 1 heterocycles. The molecule has 2 nitrogen and oxygen atoms in total. The van der Waals surface area contributed by atoms with Crippen LogP contribution in [0.15, 0.2) is 24.3 Å². The minimum Gasteiger partial charge on any atom is -0.303 e. The van der Waals surface area contributed by atoms with Gasteiger partial charge in [0.25, 0.3) is 0 Å². The van der Waals surface area contributed by atoms with Gasteiger partial charge in [-0.1, -0.05) is 31.0 Å². The van der Waals surface area contributed by atoms with Crippen LogP contribution in [-0.4, -0.2) is 30.3 Å². The van der Waals surface area contributed by atoms with Gasteiger partial charge in [-0.05, 0) is 51.4 Å². The molecule has 0 aromatic heterocycles. The minimum absolute atomic E-state index is 0.188. The van der Waals surface area contributed by atoms with Gasteiger partial charge in [0.2, 0.25) is 0 Å². The number of rotatable bonds is 7. The summed E-state index contributed by atoms with van der Waals surface area (Å²) in [5.41, 5.74) is -1.02. The van der Waals surface area contributed by atoms with Gasteiger partial charge < -0.3 is 4.90 Å². The molecule has 5 heteroatoms. The molecule has 0 aliphatic carbocycles. The lowest BCUT2D eigenvalue weighted by molar-refractivity contribution is -0.137. The minimum atomic E-state index is -4.47. The Bertz CT molecular complexity index is 507. The first-order valence-corrected chi connectivity index (χ1v) is 8.40. The topological polar surface area (TPSA) is 20.3 Å². The zero-order chi connectivity index (χ0) is 16.7. The monoisotopic (exact) mass is 327 g/mol. The number of unbranched alkanes of at least 4 members (excludes halogenated alkanes) is 2. The van der Waals surface area contributed by atoms with Crippen molar-refractivity contribution in [3.8, 4) is 0 Å². The maximum Gasteiger partial charge on any atom is 0.417 e. The van der Waals surface area contributed by atoms with E-state index in [4.69, 9.17) is 0 Å². The molecule has 1 fully saturated rings. The number of nitrogens with zero attached hydrogens (tertiary/aromatic N) is 1. The lowest BCUT2D eigenvalue weighted by Gasteiger charge is -2.26. The number of ketones is 1. The van der Waals surface area contributed by atoms with Gasteiger partial charge in [-0.3, -0.25) is 4.79 Å². The molecule has 0 radical (unpaired) electrons. The van der Waals surface area contributed by atoms with Crippen LogP contribution in [0.2, 0.25) is 0 Å². The molecule has 0 N–H and O–H groups in total. The van der Waals surface area contributed by atoms with Gasteiger partial charge in [0.15, 0.2) is 5.78 Å². The number of hydrogen-bond acceptors (Lipinski definition) is 2. The second-order valence-electron chi connectivity index (χ2n) is 6.18. The van der Waals surface area contributed by atoms with Crippen molar-refractivity contribution in [1.29, 1.82) is 0 Å². The summed E-state index contributed by atoms with van der Waals surface area (Å²) in [6.45, 7) is 3.34. The van der Waals surface area contributed by atoms with Crippen LogP contribution in [-0.2, 0) is 6.18 Å². The van der Waals surface area contributed by atoms with Crippen molar-refractivity contribution in [2.45, 2.75) is 51.1 Å². The van der Waals surface area contributed by atoms with E-state index in [-0.39, 0.29) is 12.0 Å². The standard InChI is InChI=1S/C18H24F3NO/c19-18(20,21)16-10-5-4-9-15(16)17(23)11-3-1-6-12-22-13-7-2-8-14-22/h4-5,9-10H,1-3,6-8,11-14H2. The molecule has 0 bridgehead atoms. The zero-order valence-electron chi connectivity index (χ0n) is 13.4. The number of carbonyl (C=O) groups excluding carboxylic acids is 1. The van der Waals surface area contributed by atoms with Crippen LogP contribution in [0.25, 0.3) is 0 Å². The van der Waals surface area contributed by atoms with Crippen LogP contribution in [0, 0.1) is 0 Å². The molecule has 0 amide bonds. The number of alkyl halides is 3. The molecular weight excluding hydrogens is 303 g/mol. The molecule has 0 saturated carbocycles. The number of benzene rings is 1. The van der Waals surface area contributed by atoms with Gasteiger partial charge in [0.1, 0.15) is 0 Å². The predicted octanol–water partition coefficient (Wildman–Crippen LogP) is 4.93. The Morgan fingerprint density at radius 2 is 1.70 bits per heavy atom. The van der Waals surface area contributed by atoms with Crippen LogP contribution >= 0.6 is 0 Å². The van der Waals surface area contributed by atoms with Gasteiger partial charge in [-0.15, -0.1) is 0 Å². The SMILES string of the molecule is O=C(CCCCCN1CCCCC1)c1ccccc1C(F)(F)F. The van der Waals surface area contributed by atoms with E-state index in [2.05, 4.69) is 4.90 Å². The first kappa shape index (κ1) is 18.0. The number of halogens is 3. The molecule has 23 heavy (non-hydrogen) atoms. The maximum absolute atomic E-state index is 12.9. The van der Waals surface area contributed by atoms with Crippen molar-refractivity contribution in [3.63, 3.8) is 0 Å². The highest BCUT2D eigenvalue weighted by atomic mass is 19.4. The van der Waals surface area contributed by atoms with Crippen molar-refractivity contribution in [2.24, 2.45) is 0 Å². The molecule has 1 aliphatic rings. The average molecular weight is 327 g/mol. The Morgan fingerprint density at radius 1 is 1.00 bits per heavy atom. The third-order valence-electron chi connectivity index (χ3n) is 4.36. The quantitative estimate of drug-likeness (QED) is 0.522. The normalized spacial score (nSPS) is 16.5. The predicted molar refractivity (Wildman–Crippen MR) is 84.5 cm³/mol. The summed E-state index contributed by atoms with van der Waals surface area (Å²) < 4.78 is 38.7. The third-order valence-corrected chi connectivity index (χ3v) is 4.36. The highest BCUT2D eigenvalue weighted by molar-refractivity contribution is 5.97. The van der Waals surface area contributed by atoms with Crippen molar-refractivity contribution >= 4 is 5.78 Å². The lowest BCUT2D eigenvalue weighted by atomic mass is 9.99. The molecule has 128 valence electrons. The second-order valence-corrected chi connectivity index (χ2v) is 6.18. The number of likely N-dealkylation sites (tertiary alicyclic amines) is 1. The summed E-state index contributed by atoms with van der Waals surface area (Å²) in [4.78, 5) is 14.5. The van der Waals surface area contributed by atoms with Gasteiger partial charge in [0, 0.05) is 12.0 Å². The number of piperidine rings is 1. The first-order chi connectivity index (χ1) is 11.0. The fourth-order valence-electron chi connectivity index (χ4n) is 3.09. The van der Waals surface area contributed by atoms with Crippen molar-refractivity contribution < 1.29 is 18.0 Å². The van der Waals surface area contributed by atoms with E-state index in [1.165, 1.54) is 37.5 Å². The summed E-state index contributed by atoms with van der Waals surface area (Å²) >= 11 is 0. The maximum atomic E-state index is 12.9. The van der Waals surface area contributed by atoms with Crippen LogP contribution in [0.4, 0.5) is 13.2 Å². The third kappa shape index (κ3) is 5.65. The highest BCUT2D eigenvalue weighted by Gasteiger charge is 2.34. The summed E-state index contributed by atoms with van der Waals surface area (Å²) in [6.07, 6.45) is 2.08. The van der Waals surface area contributed by atoms with Crippen LogP contribution < -0.4 is 0 Å². The smallest absolute Gasteiger partial charge is 0.303 e. The van der Waals surface area contributed by atoms with Crippen LogP contribution in [0.5, 0.6) is 0 Å². The molecule has 1 aromatic rings.